The van der Waals surface area contributed by atoms with Crippen molar-refractivity contribution in [1.29, 1.82) is 5.41 Å². The van der Waals surface area contributed by atoms with Crippen LogP contribution in [-0.4, -0.2) is 26.6 Å². The highest BCUT2D eigenvalue weighted by Crippen LogP contribution is 2.23. The van der Waals surface area contributed by atoms with Crippen LogP contribution in [0.4, 0.5) is 0 Å². The average molecular weight is 331 g/mol. The molecule has 124 valence electrons. The molecule has 0 atom stereocenters. The number of carbonyl (C=O) groups is 1. The molecule has 0 radical (unpaired) electrons. The molecule has 6 heteroatoms. The number of aromatic nitrogens is 3. The Kier molecular flexibility index (Phi) is 4.52. The minimum absolute atomic E-state index is 0.232. The predicted molar refractivity (Wildman–Crippen MR) is 97.4 cm³/mol. The van der Waals surface area contributed by atoms with Crippen LogP contribution in [0.25, 0.3) is 17.3 Å². The summed E-state index contributed by atoms with van der Waals surface area (Å²) < 4.78 is 0. The van der Waals surface area contributed by atoms with E-state index < -0.39 is 5.91 Å². The summed E-state index contributed by atoms with van der Waals surface area (Å²) in [5, 5.41) is 8.37. The van der Waals surface area contributed by atoms with Gasteiger partial charge in [-0.2, -0.15) is 0 Å². The zero-order valence-electron chi connectivity index (χ0n) is 13.7. The van der Waals surface area contributed by atoms with Crippen LogP contribution >= 0.6 is 0 Å². The van der Waals surface area contributed by atoms with Gasteiger partial charge in [0, 0.05) is 16.8 Å². The van der Waals surface area contributed by atoms with Gasteiger partial charge in [-0.15, -0.1) is 0 Å². The molecule has 0 fully saturated rings. The van der Waals surface area contributed by atoms with E-state index >= 15 is 0 Å². The molecule has 0 aliphatic carbocycles. The molecule has 3 aromatic rings. The lowest BCUT2D eigenvalue weighted by Gasteiger charge is -2.08. The van der Waals surface area contributed by atoms with Crippen LogP contribution in [0.3, 0.4) is 0 Å². The maximum atomic E-state index is 11.1. The maximum absolute atomic E-state index is 11.1. The smallest absolute Gasteiger partial charge is 0.266 e. The van der Waals surface area contributed by atoms with Crippen molar-refractivity contribution in [2.45, 2.75) is 6.92 Å². The Morgan fingerprint density at radius 1 is 1.20 bits per heavy atom. The first kappa shape index (κ1) is 16.3. The van der Waals surface area contributed by atoms with Gasteiger partial charge in [0.25, 0.3) is 5.91 Å². The van der Waals surface area contributed by atoms with Crippen molar-refractivity contribution in [2.24, 2.45) is 5.73 Å². The standard InChI is InChI=1S/C19H17N5O/c1-12-5-4-8-16(23-12)14-7-3-2-6-13(14)15(20)9-10-18-22-11-17(24-18)19(21)25/h2-11,20H,1H3,(H2,21,25)(H,22,24)/b10-9-,20-15?. The second-order valence-electron chi connectivity index (χ2n) is 5.50. The number of imidazole rings is 1. The maximum Gasteiger partial charge on any atom is 0.266 e. The molecule has 0 spiro atoms. The highest BCUT2D eigenvalue weighted by molar-refractivity contribution is 6.12. The normalized spacial score (nSPS) is 10.9. The van der Waals surface area contributed by atoms with E-state index in [1.54, 1.807) is 12.2 Å². The first-order chi connectivity index (χ1) is 12.0. The lowest BCUT2D eigenvalue weighted by Crippen LogP contribution is -2.11. The molecule has 0 aliphatic rings. The van der Waals surface area contributed by atoms with Gasteiger partial charge < -0.3 is 16.1 Å². The van der Waals surface area contributed by atoms with Crippen molar-refractivity contribution in [1.82, 2.24) is 15.0 Å². The van der Waals surface area contributed by atoms with E-state index in [1.807, 2.05) is 49.4 Å². The molecule has 1 amide bonds. The summed E-state index contributed by atoms with van der Waals surface area (Å²) in [7, 11) is 0. The molecule has 0 saturated heterocycles. The first-order valence-corrected chi connectivity index (χ1v) is 7.69. The summed E-state index contributed by atoms with van der Waals surface area (Å²) in [6.07, 6.45) is 4.63. The van der Waals surface area contributed by atoms with Gasteiger partial charge in [-0.1, -0.05) is 30.3 Å². The lowest BCUT2D eigenvalue weighted by molar-refractivity contribution is 0.0996. The van der Waals surface area contributed by atoms with Crippen LogP contribution < -0.4 is 5.73 Å². The Hall–Kier alpha value is -3.54. The zero-order valence-corrected chi connectivity index (χ0v) is 13.7. The van der Waals surface area contributed by atoms with Gasteiger partial charge in [0.2, 0.25) is 0 Å². The molecular weight excluding hydrogens is 314 g/mol. The molecule has 1 aromatic carbocycles. The Balaban J connectivity index is 1.90. The number of pyridine rings is 1. The molecule has 0 saturated carbocycles. The van der Waals surface area contributed by atoms with Crippen molar-refractivity contribution in [3.05, 3.63) is 77.5 Å². The van der Waals surface area contributed by atoms with Crippen LogP contribution in [0.2, 0.25) is 0 Å². The average Bonchev–Trinajstić information content (AvgIpc) is 3.09. The van der Waals surface area contributed by atoms with E-state index in [9.17, 15) is 4.79 Å². The molecule has 3 rings (SSSR count). The number of primary amides is 1. The fourth-order valence-electron chi connectivity index (χ4n) is 2.43. The Labute approximate surface area is 145 Å². The topological polar surface area (TPSA) is 109 Å². The van der Waals surface area contributed by atoms with E-state index in [2.05, 4.69) is 15.0 Å². The number of benzene rings is 1. The Morgan fingerprint density at radius 3 is 2.72 bits per heavy atom. The Bertz CT molecular complexity index is 971. The number of allylic oxidation sites excluding steroid dienone is 1. The molecule has 0 aliphatic heterocycles. The number of amides is 1. The predicted octanol–water partition coefficient (Wildman–Crippen LogP) is 2.96. The van der Waals surface area contributed by atoms with Gasteiger partial charge >= 0.3 is 0 Å². The highest BCUT2D eigenvalue weighted by Gasteiger charge is 2.09. The monoisotopic (exact) mass is 331 g/mol. The molecule has 2 aromatic heterocycles. The summed E-state index contributed by atoms with van der Waals surface area (Å²) >= 11 is 0. The van der Waals surface area contributed by atoms with E-state index in [-0.39, 0.29) is 5.69 Å². The van der Waals surface area contributed by atoms with Crippen molar-refractivity contribution >= 4 is 17.7 Å². The number of nitrogens with one attached hydrogen (secondary N) is 2. The summed E-state index contributed by atoms with van der Waals surface area (Å²) in [5.74, 6) is -0.109. The van der Waals surface area contributed by atoms with Crippen LogP contribution in [0.15, 0.2) is 54.7 Å². The van der Waals surface area contributed by atoms with Crippen LogP contribution in [0, 0.1) is 12.3 Å². The van der Waals surface area contributed by atoms with Gasteiger partial charge in [-0.3, -0.25) is 9.78 Å². The molecule has 4 N–H and O–H groups in total. The van der Waals surface area contributed by atoms with E-state index in [1.165, 1.54) is 6.20 Å². The Morgan fingerprint density at radius 2 is 2.00 bits per heavy atom. The molecular formula is C19H17N5O. The minimum atomic E-state index is -0.571. The van der Waals surface area contributed by atoms with Gasteiger partial charge in [0.15, 0.2) is 0 Å². The SMILES string of the molecule is Cc1cccc(-c2ccccc2C(=N)/C=C\c2ncc(C(N)=O)[nH]2)n1. The van der Waals surface area contributed by atoms with Crippen molar-refractivity contribution in [3.8, 4) is 11.3 Å². The van der Waals surface area contributed by atoms with E-state index in [0.717, 1.165) is 22.5 Å². The quantitative estimate of drug-likeness (QED) is 0.625. The van der Waals surface area contributed by atoms with Crippen LogP contribution in [0.5, 0.6) is 0 Å². The van der Waals surface area contributed by atoms with E-state index in [0.29, 0.717) is 11.5 Å². The number of aromatic amines is 1. The number of carbonyl (C=O) groups excluding carboxylic acids is 1. The van der Waals surface area contributed by atoms with Gasteiger partial charge in [-0.25, -0.2) is 4.98 Å². The number of H-pyrrole nitrogens is 1. The molecule has 6 nitrogen and oxygen atoms in total. The van der Waals surface area contributed by atoms with E-state index in [4.69, 9.17) is 11.1 Å². The minimum Gasteiger partial charge on any atom is -0.364 e. The number of nitrogens with two attached hydrogens (primary N) is 1. The third-order valence-corrected chi connectivity index (χ3v) is 3.65. The van der Waals surface area contributed by atoms with Gasteiger partial charge in [-0.05, 0) is 31.2 Å². The number of nitrogens with zero attached hydrogens (tertiary/aromatic N) is 2. The van der Waals surface area contributed by atoms with Crippen molar-refractivity contribution in [3.63, 3.8) is 0 Å². The number of rotatable bonds is 5. The van der Waals surface area contributed by atoms with Crippen molar-refractivity contribution in [2.75, 3.05) is 0 Å². The number of aryl methyl sites for hydroxylation is 1. The largest absolute Gasteiger partial charge is 0.364 e. The molecule has 2 heterocycles. The molecule has 0 unspecified atom stereocenters. The third-order valence-electron chi connectivity index (χ3n) is 3.65. The van der Waals surface area contributed by atoms with Crippen LogP contribution in [0.1, 0.15) is 27.6 Å². The second-order valence-corrected chi connectivity index (χ2v) is 5.50. The van der Waals surface area contributed by atoms with Crippen LogP contribution in [-0.2, 0) is 0 Å². The van der Waals surface area contributed by atoms with Crippen molar-refractivity contribution < 1.29 is 4.79 Å². The summed E-state index contributed by atoms with van der Waals surface area (Å²) in [6, 6.07) is 13.4. The number of hydrogen-bond donors (Lipinski definition) is 3. The molecule has 25 heavy (non-hydrogen) atoms. The first-order valence-electron chi connectivity index (χ1n) is 7.69. The highest BCUT2D eigenvalue weighted by atomic mass is 16.1. The number of hydrogen-bond acceptors (Lipinski definition) is 4. The fraction of sp³-hybridized carbons (Fsp3) is 0.0526. The summed E-state index contributed by atoms with van der Waals surface area (Å²) in [4.78, 5) is 22.5. The zero-order chi connectivity index (χ0) is 17.8. The van der Waals surface area contributed by atoms with Gasteiger partial charge in [0.1, 0.15) is 11.5 Å². The summed E-state index contributed by atoms with van der Waals surface area (Å²) in [5.41, 5.74) is 9.13. The third kappa shape index (κ3) is 3.69. The second kappa shape index (κ2) is 6.92. The summed E-state index contributed by atoms with van der Waals surface area (Å²) in [6.45, 7) is 1.94. The lowest BCUT2D eigenvalue weighted by atomic mass is 9.99. The fourth-order valence-corrected chi connectivity index (χ4v) is 2.43. The molecule has 0 bridgehead atoms. The van der Waals surface area contributed by atoms with Gasteiger partial charge in [0.05, 0.1) is 17.6 Å².